The van der Waals surface area contributed by atoms with Crippen LogP contribution in [-0.2, 0) is 16.0 Å². The number of carbonyl (C=O) groups excluding carboxylic acids is 2. The summed E-state index contributed by atoms with van der Waals surface area (Å²) in [6.07, 6.45) is 0.300. The smallest absolute Gasteiger partial charge is 0.256 e. The van der Waals surface area contributed by atoms with Crippen LogP contribution < -0.4 is 10.2 Å². The third kappa shape index (κ3) is 4.68. The molecule has 162 valence electrons. The molecule has 0 aromatic heterocycles. The number of nitrogens with zero attached hydrogens (tertiary/aromatic N) is 2. The maximum atomic E-state index is 14.1. The lowest BCUT2D eigenvalue weighted by atomic mass is 10.1. The molecule has 1 aliphatic rings. The molecule has 3 aromatic carbocycles. The molecule has 1 fully saturated rings. The predicted molar refractivity (Wildman–Crippen MR) is 127 cm³/mol. The summed E-state index contributed by atoms with van der Waals surface area (Å²) in [6.45, 7) is 0.318. The summed E-state index contributed by atoms with van der Waals surface area (Å²) in [4.78, 5) is 29.2. The van der Waals surface area contributed by atoms with E-state index in [0.29, 0.717) is 35.0 Å². The molecule has 32 heavy (non-hydrogen) atoms. The Balaban J connectivity index is 1.56. The summed E-state index contributed by atoms with van der Waals surface area (Å²) < 4.78 is 14.1. The minimum atomic E-state index is -0.766. The topological polar surface area (TPSA) is 52.7 Å². The molecule has 1 atom stereocenters. The Kier molecular flexibility index (Phi) is 6.56. The number of anilines is 2. The molecule has 1 heterocycles. The predicted octanol–water partition coefficient (Wildman–Crippen LogP) is 4.40. The highest BCUT2D eigenvalue weighted by Crippen LogP contribution is 2.27. The molecule has 4 rings (SSSR count). The number of thiocarbonyl (C=S) groups is 1. The van der Waals surface area contributed by atoms with Gasteiger partial charge >= 0.3 is 0 Å². The Morgan fingerprint density at radius 2 is 1.56 bits per heavy atom. The van der Waals surface area contributed by atoms with Gasteiger partial charge in [-0.1, -0.05) is 54.6 Å². The summed E-state index contributed by atoms with van der Waals surface area (Å²) in [5.41, 5.74) is 1.83. The molecule has 0 spiro atoms. The molecular formula is C25H22FN3O2S. The first-order valence-corrected chi connectivity index (χ1v) is 10.7. The second-order valence-electron chi connectivity index (χ2n) is 7.46. The second-order valence-corrected chi connectivity index (χ2v) is 7.83. The first-order valence-electron chi connectivity index (χ1n) is 10.3. The van der Waals surface area contributed by atoms with Gasteiger partial charge in [0.15, 0.2) is 5.11 Å². The summed E-state index contributed by atoms with van der Waals surface area (Å²) in [6, 6.07) is 23.9. The van der Waals surface area contributed by atoms with Gasteiger partial charge in [0.25, 0.3) is 5.91 Å². The van der Waals surface area contributed by atoms with Crippen LogP contribution in [0.25, 0.3) is 0 Å². The van der Waals surface area contributed by atoms with Crippen molar-refractivity contribution in [1.29, 1.82) is 0 Å². The standard InChI is InChI=1S/C25H22FN3O2S/c26-21-14-8-7-9-18(21)15-16-28-22(17-23(30)27-19-10-3-1-4-11-19)24(31)29(25(28)32)20-12-5-2-6-13-20/h1-14,22H,15-17H2,(H,27,30). The molecule has 0 aliphatic carbocycles. The van der Waals surface area contributed by atoms with Crippen molar-refractivity contribution in [2.24, 2.45) is 0 Å². The number of amides is 2. The quantitative estimate of drug-likeness (QED) is 0.546. The Hall–Kier alpha value is -3.58. The fourth-order valence-electron chi connectivity index (χ4n) is 3.75. The highest BCUT2D eigenvalue weighted by Gasteiger charge is 2.43. The molecule has 0 bridgehead atoms. The zero-order valence-corrected chi connectivity index (χ0v) is 18.1. The zero-order valence-electron chi connectivity index (χ0n) is 17.3. The van der Waals surface area contributed by atoms with Gasteiger partial charge in [-0.3, -0.25) is 14.5 Å². The number of nitrogens with one attached hydrogen (secondary N) is 1. The molecule has 7 heteroatoms. The van der Waals surface area contributed by atoms with Crippen LogP contribution in [0.2, 0.25) is 0 Å². The van der Waals surface area contributed by atoms with Gasteiger partial charge in [0.05, 0.1) is 12.1 Å². The summed E-state index contributed by atoms with van der Waals surface area (Å²) in [7, 11) is 0. The number of carbonyl (C=O) groups is 2. The summed E-state index contributed by atoms with van der Waals surface area (Å²) in [5, 5.41) is 3.14. The van der Waals surface area contributed by atoms with Crippen molar-refractivity contribution in [1.82, 2.24) is 4.90 Å². The van der Waals surface area contributed by atoms with Crippen molar-refractivity contribution in [3.63, 3.8) is 0 Å². The molecule has 2 amide bonds. The Bertz CT molecular complexity index is 1120. The van der Waals surface area contributed by atoms with Gasteiger partial charge in [0.2, 0.25) is 5.91 Å². The lowest BCUT2D eigenvalue weighted by Gasteiger charge is -2.24. The van der Waals surface area contributed by atoms with Gasteiger partial charge in [-0.2, -0.15) is 0 Å². The molecule has 3 aromatic rings. The molecule has 5 nitrogen and oxygen atoms in total. The second kappa shape index (κ2) is 9.70. The van der Waals surface area contributed by atoms with E-state index in [2.05, 4.69) is 5.32 Å². The number of benzene rings is 3. The van der Waals surface area contributed by atoms with E-state index in [9.17, 15) is 14.0 Å². The molecule has 1 N–H and O–H groups in total. The molecule has 0 saturated carbocycles. The Labute approximate surface area is 191 Å². The molecule has 1 unspecified atom stereocenters. The van der Waals surface area contributed by atoms with Crippen molar-refractivity contribution < 1.29 is 14.0 Å². The molecule has 1 aliphatic heterocycles. The van der Waals surface area contributed by atoms with Crippen LogP contribution in [0.4, 0.5) is 15.8 Å². The Morgan fingerprint density at radius 1 is 0.938 bits per heavy atom. The fraction of sp³-hybridized carbons (Fsp3) is 0.160. The van der Waals surface area contributed by atoms with E-state index in [1.165, 1.54) is 11.0 Å². The van der Waals surface area contributed by atoms with Gasteiger partial charge in [-0.15, -0.1) is 0 Å². The van der Waals surface area contributed by atoms with Crippen LogP contribution >= 0.6 is 12.2 Å². The molecule has 1 saturated heterocycles. The maximum Gasteiger partial charge on any atom is 0.256 e. The lowest BCUT2D eigenvalue weighted by Crippen LogP contribution is -2.39. The van der Waals surface area contributed by atoms with E-state index in [-0.39, 0.29) is 24.1 Å². The number of hydrogen-bond donors (Lipinski definition) is 1. The number of halogens is 1. The first kappa shape index (κ1) is 21.6. The third-order valence-corrected chi connectivity index (χ3v) is 5.77. The van der Waals surface area contributed by atoms with Crippen LogP contribution in [0.3, 0.4) is 0 Å². The van der Waals surface area contributed by atoms with Crippen molar-refractivity contribution in [2.45, 2.75) is 18.9 Å². The van der Waals surface area contributed by atoms with Crippen LogP contribution in [0.15, 0.2) is 84.9 Å². The van der Waals surface area contributed by atoms with E-state index in [1.807, 2.05) is 36.4 Å². The van der Waals surface area contributed by atoms with Crippen LogP contribution in [0.5, 0.6) is 0 Å². The first-order chi connectivity index (χ1) is 15.5. The van der Waals surface area contributed by atoms with Crippen molar-refractivity contribution in [2.75, 3.05) is 16.8 Å². The summed E-state index contributed by atoms with van der Waals surface area (Å²) >= 11 is 5.63. The highest BCUT2D eigenvalue weighted by atomic mass is 32.1. The van der Waals surface area contributed by atoms with E-state index >= 15 is 0 Å². The largest absolute Gasteiger partial charge is 0.336 e. The monoisotopic (exact) mass is 447 g/mol. The minimum absolute atomic E-state index is 0.0610. The van der Waals surface area contributed by atoms with Crippen molar-refractivity contribution in [3.05, 3.63) is 96.3 Å². The number of hydrogen-bond acceptors (Lipinski definition) is 3. The summed E-state index contributed by atoms with van der Waals surface area (Å²) in [5.74, 6) is -0.858. The minimum Gasteiger partial charge on any atom is -0.336 e. The fourth-order valence-corrected chi connectivity index (χ4v) is 4.17. The Morgan fingerprint density at radius 3 is 2.25 bits per heavy atom. The van der Waals surface area contributed by atoms with Crippen LogP contribution in [-0.4, -0.2) is 34.4 Å². The van der Waals surface area contributed by atoms with Crippen LogP contribution in [0, 0.1) is 5.82 Å². The van der Waals surface area contributed by atoms with E-state index in [0.717, 1.165) is 0 Å². The van der Waals surface area contributed by atoms with E-state index < -0.39 is 6.04 Å². The van der Waals surface area contributed by atoms with Gasteiger partial charge in [0.1, 0.15) is 11.9 Å². The number of para-hydroxylation sites is 2. The van der Waals surface area contributed by atoms with E-state index in [1.54, 1.807) is 47.4 Å². The molecule has 0 radical (unpaired) electrons. The molecular weight excluding hydrogens is 425 g/mol. The maximum absolute atomic E-state index is 14.1. The van der Waals surface area contributed by atoms with Gasteiger partial charge in [0, 0.05) is 12.2 Å². The zero-order chi connectivity index (χ0) is 22.5. The van der Waals surface area contributed by atoms with E-state index in [4.69, 9.17) is 12.2 Å². The third-order valence-electron chi connectivity index (χ3n) is 5.35. The van der Waals surface area contributed by atoms with Crippen molar-refractivity contribution in [3.8, 4) is 0 Å². The average Bonchev–Trinajstić information content (AvgIpc) is 3.03. The number of rotatable bonds is 7. The lowest BCUT2D eigenvalue weighted by molar-refractivity contribution is -0.124. The highest BCUT2D eigenvalue weighted by molar-refractivity contribution is 7.80. The SMILES string of the molecule is O=C(CC1C(=O)N(c2ccccc2)C(=S)N1CCc1ccccc1F)Nc1ccccc1. The average molecular weight is 448 g/mol. The van der Waals surface area contributed by atoms with Crippen LogP contribution in [0.1, 0.15) is 12.0 Å². The normalized spacial score (nSPS) is 15.8. The van der Waals surface area contributed by atoms with Crippen molar-refractivity contribution >= 4 is 40.5 Å². The van der Waals surface area contributed by atoms with Gasteiger partial charge in [-0.25, -0.2) is 4.39 Å². The van der Waals surface area contributed by atoms with Gasteiger partial charge in [-0.05, 0) is 54.5 Å². The van der Waals surface area contributed by atoms with Gasteiger partial charge < -0.3 is 10.2 Å².